The third kappa shape index (κ3) is 4.06. The van der Waals surface area contributed by atoms with E-state index in [4.69, 9.17) is 0 Å². The zero-order valence-electron chi connectivity index (χ0n) is 15.9. The summed E-state index contributed by atoms with van der Waals surface area (Å²) in [6, 6.07) is 2.15. The van der Waals surface area contributed by atoms with E-state index in [0.29, 0.717) is 6.54 Å². The van der Waals surface area contributed by atoms with Gasteiger partial charge in [-0.25, -0.2) is 15.0 Å². The van der Waals surface area contributed by atoms with Crippen molar-refractivity contribution in [3.63, 3.8) is 0 Å². The Labute approximate surface area is 160 Å². The normalized spacial score (nSPS) is 22.5. The van der Waals surface area contributed by atoms with E-state index in [2.05, 4.69) is 35.1 Å². The first-order valence-corrected chi connectivity index (χ1v) is 9.93. The second kappa shape index (κ2) is 8.22. The number of aromatic nitrogens is 4. The maximum absolute atomic E-state index is 10.2. The fourth-order valence-electron chi connectivity index (χ4n) is 4.17. The molecule has 8 heteroatoms. The van der Waals surface area contributed by atoms with Gasteiger partial charge < -0.3 is 25.2 Å². The van der Waals surface area contributed by atoms with Crippen LogP contribution in [0.3, 0.4) is 0 Å². The minimum absolute atomic E-state index is 0.214. The molecule has 0 spiro atoms. The Hall–Kier alpha value is -2.19. The van der Waals surface area contributed by atoms with Gasteiger partial charge in [-0.1, -0.05) is 6.42 Å². The van der Waals surface area contributed by atoms with E-state index >= 15 is 0 Å². The van der Waals surface area contributed by atoms with Crippen LogP contribution in [-0.4, -0.2) is 56.9 Å². The highest BCUT2D eigenvalue weighted by molar-refractivity contribution is 5.50. The third-order valence-corrected chi connectivity index (χ3v) is 5.58. The summed E-state index contributed by atoms with van der Waals surface area (Å²) in [4.78, 5) is 15.4. The first kappa shape index (κ1) is 18.2. The quantitative estimate of drug-likeness (QED) is 0.702. The Bertz CT molecular complexity index is 762. The lowest BCUT2D eigenvalue weighted by Gasteiger charge is -2.26. The molecule has 27 heavy (non-hydrogen) atoms. The lowest BCUT2D eigenvalue weighted by molar-refractivity contribution is 0.194. The topological polar surface area (TPSA) is 91.1 Å². The summed E-state index contributed by atoms with van der Waals surface area (Å²) < 4.78 is 2.38. The Morgan fingerprint density at radius 1 is 1.22 bits per heavy atom. The van der Waals surface area contributed by atoms with Crippen LogP contribution in [0.4, 0.5) is 11.6 Å². The molecule has 0 bridgehead atoms. The monoisotopic (exact) mass is 371 g/mol. The zero-order valence-corrected chi connectivity index (χ0v) is 15.9. The van der Waals surface area contributed by atoms with E-state index < -0.39 is 0 Å². The van der Waals surface area contributed by atoms with Gasteiger partial charge in [0.05, 0.1) is 11.8 Å². The summed E-state index contributed by atoms with van der Waals surface area (Å²) in [6.45, 7) is 3.29. The number of aryl methyl sites for hydroxylation is 1. The van der Waals surface area contributed by atoms with Crippen molar-refractivity contribution in [2.75, 3.05) is 30.4 Å². The molecule has 146 valence electrons. The highest BCUT2D eigenvalue weighted by Gasteiger charge is 2.31. The molecule has 2 atom stereocenters. The summed E-state index contributed by atoms with van der Waals surface area (Å²) in [5.74, 6) is 2.87. The molecule has 0 radical (unpaired) electrons. The van der Waals surface area contributed by atoms with Crippen molar-refractivity contribution in [2.45, 2.75) is 57.3 Å². The standard InChI is InChI=1S/C19H29N7O/c1-20-17-8-19(24-13-23-17)26-12-16(27)7-14(26)9-21-10-15-11-22-18-5-3-2-4-6-25(15)18/h8,11,13-14,16,21,27H,2-7,9-10,12H2,1H3,(H,20,23,24)/t14-,16-/m1/s1. The molecule has 2 aromatic rings. The molecule has 4 heterocycles. The van der Waals surface area contributed by atoms with Gasteiger partial charge in [-0.15, -0.1) is 0 Å². The van der Waals surface area contributed by atoms with Crippen LogP contribution >= 0.6 is 0 Å². The minimum atomic E-state index is -0.323. The summed E-state index contributed by atoms with van der Waals surface area (Å²) in [7, 11) is 1.85. The lowest BCUT2D eigenvalue weighted by Crippen LogP contribution is -2.38. The average molecular weight is 371 g/mol. The Morgan fingerprint density at radius 2 is 2.15 bits per heavy atom. The van der Waals surface area contributed by atoms with Gasteiger partial charge in [0.1, 0.15) is 23.8 Å². The first-order valence-electron chi connectivity index (χ1n) is 9.93. The van der Waals surface area contributed by atoms with Crippen molar-refractivity contribution in [1.29, 1.82) is 0 Å². The van der Waals surface area contributed by atoms with Gasteiger partial charge in [0.2, 0.25) is 0 Å². The van der Waals surface area contributed by atoms with Crippen molar-refractivity contribution in [2.24, 2.45) is 0 Å². The fraction of sp³-hybridized carbons (Fsp3) is 0.632. The van der Waals surface area contributed by atoms with Crippen molar-refractivity contribution in [3.8, 4) is 0 Å². The largest absolute Gasteiger partial charge is 0.391 e. The zero-order chi connectivity index (χ0) is 18.6. The Morgan fingerprint density at radius 3 is 3.04 bits per heavy atom. The van der Waals surface area contributed by atoms with E-state index in [-0.39, 0.29) is 12.1 Å². The first-order chi connectivity index (χ1) is 13.2. The third-order valence-electron chi connectivity index (χ3n) is 5.58. The van der Waals surface area contributed by atoms with Crippen LogP contribution in [0.2, 0.25) is 0 Å². The maximum Gasteiger partial charge on any atom is 0.134 e. The highest BCUT2D eigenvalue weighted by atomic mass is 16.3. The van der Waals surface area contributed by atoms with Gasteiger partial charge >= 0.3 is 0 Å². The van der Waals surface area contributed by atoms with Gasteiger partial charge in [-0.3, -0.25) is 0 Å². The number of aliphatic hydroxyl groups is 1. The molecule has 0 aromatic carbocycles. The molecule has 2 aliphatic rings. The Kier molecular flexibility index (Phi) is 5.54. The van der Waals surface area contributed by atoms with E-state index in [9.17, 15) is 5.11 Å². The summed E-state index contributed by atoms with van der Waals surface area (Å²) in [5, 5.41) is 16.8. The van der Waals surface area contributed by atoms with Crippen LogP contribution in [0.25, 0.3) is 0 Å². The van der Waals surface area contributed by atoms with Crippen LogP contribution in [0.1, 0.15) is 37.2 Å². The summed E-state index contributed by atoms with van der Waals surface area (Å²) >= 11 is 0. The van der Waals surface area contributed by atoms with Gasteiger partial charge in [-0.2, -0.15) is 0 Å². The number of β-amino-alcohol motifs (C(OH)–C–C–N with tert-alkyl or cyclic N) is 1. The number of aliphatic hydroxyl groups excluding tert-OH is 1. The fourth-order valence-corrected chi connectivity index (χ4v) is 4.17. The Balaban J connectivity index is 1.39. The highest BCUT2D eigenvalue weighted by Crippen LogP contribution is 2.25. The molecular formula is C19H29N7O. The number of nitrogens with zero attached hydrogens (tertiary/aromatic N) is 5. The number of hydrogen-bond donors (Lipinski definition) is 3. The van der Waals surface area contributed by atoms with Crippen LogP contribution in [0.15, 0.2) is 18.6 Å². The van der Waals surface area contributed by atoms with Crippen LogP contribution in [0.5, 0.6) is 0 Å². The second-order valence-corrected chi connectivity index (χ2v) is 7.47. The molecule has 4 rings (SSSR count). The smallest absolute Gasteiger partial charge is 0.134 e. The number of anilines is 2. The molecule has 1 fully saturated rings. The molecule has 8 nitrogen and oxygen atoms in total. The molecule has 0 unspecified atom stereocenters. The average Bonchev–Trinajstić information content (AvgIpc) is 3.16. The molecule has 3 N–H and O–H groups in total. The van der Waals surface area contributed by atoms with Gasteiger partial charge in [0.25, 0.3) is 0 Å². The van der Waals surface area contributed by atoms with Crippen molar-refractivity contribution >= 4 is 11.6 Å². The van der Waals surface area contributed by atoms with E-state index in [1.165, 1.54) is 30.8 Å². The number of hydrogen-bond acceptors (Lipinski definition) is 7. The number of nitrogens with one attached hydrogen (secondary N) is 2. The van der Waals surface area contributed by atoms with E-state index in [1.807, 2.05) is 19.3 Å². The minimum Gasteiger partial charge on any atom is -0.391 e. The maximum atomic E-state index is 10.2. The molecule has 1 saturated heterocycles. The summed E-state index contributed by atoms with van der Waals surface area (Å²) in [6.07, 6.45) is 8.86. The molecule has 2 aromatic heterocycles. The second-order valence-electron chi connectivity index (χ2n) is 7.47. The van der Waals surface area contributed by atoms with Crippen molar-refractivity contribution in [1.82, 2.24) is 24.8 Å². The van der Waals surface area contributed by atoms with Crippen LogP contribution in [-0.2, 0) is 19.5 Å². The lowest BCUT2D eigenvalue weighted by atomic mass is 10.2. The van der Waals surface area contributed by atoms with Gasteiger partial charge in [0.15, 0.2) is 0 Å². The van der Waals surface area contributed by atoms with Crippen molar-refractivity contribution < 1.29 is 5.11 Å². The molecule has 0 aliphatic carbocycles. The van der Waals surface area contributed by atoms with Crippen LogP contribution < -0.4 is 15.5 Å². The van der Waals surface area contributed by atoms with Crippen molar-refractivity contribution in [3.05, 3.63) is 30.1 Å². The molecular weight excluding hydrogens is 342 g/mol. The van der Waals surface area contributed by atoms with E-state index in [0.717, 1.165) is 44.1 Å². The predicted octanol–water partition coefficient (Wildman–Crippen LogP) is 1.17. The molecule has 0 amide bonds. The van der Waals surface area contributed by atoms with Crippen LogP contribution in [0, 0.1) is 0 Å². The number of imidazole rings is 1. The predicted molar refractivity (Wildman–Crippen MR) is 105 cm³/mol. The number of fused-ring (bicyclic) bond motifs is 1. The van der Waals surface area contributed by atoms with Gasteiger partial charge in [-0.05, 0) is 19.3 Å². The van der Waals surface area contributed by atoms with Gasteiger partial charge in [0, 0.05) is 58.0 Å². The summed E-state index contributed by atoms with van der Waals surface area (Å²) in [5.41, 5.74) is 1.26. The number of rotatable bonds is 6. The molecule has 2 aliphatic heterocycles. The SMILES string of the molecule is CNc1cc(N2C[C@H](O)C[C@@H]2CNCc2cnc3n2CCCCC3)ncn1. The van der Waals surface area contributed by atoms with E-state index in [1.54, 1.807) is 6.33 Å². The molecule has 0 saturated carbocycles.